The van der Waals surface area contributed by atoms with Crippen LogP contribution in [0, 0.1) is 5.41 Å². The fourth-order valence-electron chi connectivity index (χ4n) is 4.28. The van der Waals surface area contributed by atoms with Gasteiger partial charge in [-0.05, 0) is 55.8 Å². The van der Waals surface area contributed by atoms with E-state index in [1.165, 1.54) is 5.56 Å². The summed E-state index contributed by atoms with van der Waals surface area (Å²) in [6, 6.07) is 11.0. The molecule has 3 heterocycles. The lowest BCUT2D eigenvalue weighted by Gasteiger charge is -2.45. The maximum absolute atomic E-state index is 13.4. The summed E-state index contributed by atoms with van der Waals surface area (Å²) in [6.07, 6.45) is 5.41. The van der Waals surface area contributed by atoms with Gasteiger partial charge in [-0.1, -0.05) is 12.1 Å². The van der Waals surface area contributed by atoms with Crippen molar-refractivity contribution in [3.8, 4) is 5.75 Å². The van der Waals surface area contributed by atoms with Gasteiger partial charge in [-0.2, -0.15) is 4.31 Å². The number of pyridine rings is 1. The second-order valence-electron chi connectivity index (χ2n) is 8.20. The minimum atomic E-state index is -3.64. The van der Waals surface area contributed by atoms with Crippen molar-refractivity contribution in [2.75, 3.05) is 46.5 Å². The van der Waals surface area contributed by atoms with E-state index in [0.29, 0.717) is 32.1 Å². The Labute approximate surface area is 178 Å². The summed E-state index contributed by atoms with van der Waals surface area (Å²) in [4.78, 5) is 6.74. The van der Waals surface area contributed by atoms with Gasteiger partial charge in [0.1, 0.15) is 10.6 Å². The number of likely N-dealkylation sites (tertiary alicyclic amines) is 1. The molecule has 2 aromatic rings. The summed E-state index contributed by atoms with van der Waals surface area (Å²) < 4.78 is 39.7. The maximum Gasteiger partial charge on any atom is 0.246 e. The molecule has 0 atom stereocenters. The number of aromatic nitrogens is 1. The molecule has 30 heavy (non-hydrogen) atoms. The van der Waals surface area contributed by atoms with E-state index in [1.54, 1.807) is 29.6 Å². The zero-order valence-electron chi connectivity index (χ0n) is 17.4. The zero-order chi connectivity index (χ0) is 21.0. The van der Waals surface area contributed by atoms with E-state index >= 15 is 0 Å². The molecule has 0 amide bonds. The molecule has 162 valence electrons. The number of piperidine rings is 1. The summed E-state index contributed by atoms with van der Waals surface area (Å²) in [6.45, 7) is 4.38. The van der Waals surface area contributed by atoms with Gasteiger partial charge in [0.15, 0.2) is 0 Å². The Kier molecular flexibility index (Phi) is 6.38. The molecule has 8 heteroatoms. The highest BCUT2D eigenvalue weighted by molar-refractivity contribution is 7.89. The van der Waals surface area contributed by atoms with Crippen LogP contribution in [0.3, 0.4) is 0 Å². The van der Waals surface area contributed by atoms with E-state index in [0.717, 1.165) is 32.5 Å². The molecule has 1 saturated heterocycles. The fraction of sp³-hybridized carbons (Fsp3) is 0.500. The molecule has 0 N–H and O–H groups in total. The Balaban J connectivity index is 1.54. The lowest BCUT2D eigenvalue weighted by atomic mass is 9.78. The van der Waals surface area contributed by atoms with E-state index in [4.69, 9.17) is 9.47 Å². The van der Waals surface area contributed by atoms with Gasteiger partial charge in [0.05, 0.1) is 13.2 Å². The highest BCUT2D eigenvalue weighted by atomic mass is 32.2. The largest absolute Gasteiger partial charge is 0.492 e. The molecule has 2 aliphatic heterocycles. The second kappa shape index (κ2) is 9.01. The first-order chi connectivity index (χ1) is 14.5. The van der Waals surface area contributed by atoms with Gasteiger partial charge in [-0.25, -0.2) is 8.42 Å². The monoisotopic (exact) mass is 431 g/mol. The van der Waals surface area contributed by atoms with Crippen LogP contribution in [0.1, 0.15) is 18.4 Å². The minimum absolute atomic E-state index is 0.205. The number of hydrogen-bond donors (Lipinski definition) is 0. The SMILES string of the molecule is COCCN1CC2(CCN(Cc3ccncc3)CC2)COc2ccccc2S1(=O)=O. The van der Waals surface area contributed by atoms with Gasteiger partial charge in [0.25, 0.3) is 0 Å². The molecule has 0 radical (unpaired) electrons. The third kappa shape index (κ3) is 4.51. The molecule has 4 rings (SSSR count). The predicted molar refractivity (Wildman–Crippen MR) is 114 cm³/mol. The van der Waals surface area contributed by atoms with Crippen molar-refractivity contribution in [1.82, 2.24) is 14.2 Å². The van der Waals surface area contributed by atoms with Crippen LogP contribution >= 0.6 is 0 Å². The number of methoxy groups -OCH3 is 1. The normalized spacial score (nSPS) is 21.4. The van der Waals surface area contributed by atoms with Crippen molar-refractivity contribution in [2.45, 2.75) is 24.3 Å². The van der Waals surface area contributed by atoms with Crippen molar-refractivity contribution < 1.29 is 17.9 Å². The van der Waals surface area contributed by atoms with Gasteiger partial charge in [-0.15, -0.1) is 0 Å². The van der Waals surface area contributed by atoms with Crippen LogP contribution in [0.4, 0.5) is 0 Å². The predicted octanol–water partition coefficient (Wildman–Crippen LogP) is 2.39. The highest BCUT2D eigenvalue weighted by Crippen LogP contribution is 2.39. The van der Waals surface area contributed by atoms with Crippen LogP contribution in [0.25, 0.3) is 0 Å². The maximum atomic E-state index is 13.4. The van der Waals surface area contributed by atoms with Crippen molar-refractivity contribution in [2.24, 2.45) is 5.41 Å². The molecule has 0 saturated carbocycles. The molecule has 1 spiro atoms. The van der Waals surface area contributed by atoms with Gasteiger partial charge < -0.3 is 9.47 Å². The average molecular weight is 432 g/mol. The topological polar surface area (TPSA) is 72.0 Å². The molecule has 0 aliphatic carbocycles. The Bertz CT molecular complexity index is 944. The van der Waals surface area contributed by atoms with E-state index in [2.05, 4.69) is 9.88 Å². The van der Waals surface area contributed by atoms with Crippen LogP contribution in [0.2, 0.25) is 0 Å². The Morgan fingerprint density at radius 2 is 1.87 bits per heavy atom. The molecule has 1 aromatic carbocycles. The van der Waals surface area contributed by atoms with Crippen LogP contribution in [-0.2, 0) is 21.3 Å². The first kappa shape index (κ1) is 21.2. The van der Waals surface area contributed by atoms with Crippen LogP contribution < -0.4 is 4.74 Å². The number of rotatable bonds is 5. The third-order valence-electron chi connectivity index (χ3n) is 6.13. The van der Waals surface area contributed by atoms with Crippen LogP contribution in [0.5, 0.6) is 5.75 Å². The van der Waals surface area contributed by atoms with Gasteiger partial charge in [-0.3, -0.25) is 9.88 Å². The van der Waals surface area contributed by atoms with E-state index < -0.39 is 10.0 Å². The first-order valence-corrected chi connectivity index (χ1v) is 11.8. The Morgan fingerprint density at radius 3 is 2.60 bits per heavy atom. The number of fused-ring (bicyclic) bond motifs is 1. The standard InChI is InChI=1S/C22H29N3O4S/c1-28-15-14-25-17-22(18-29-20-4-2-3-5-21(20)30(25,26)27)8-12-24(13-9-22)16-19-6-10-23-11-7-19/h2-7,10-11H,8-9,12-18H2,1H3. The molecular formula is C22H29N3O4S. The molecule has 1 aromatic heterocycles. The van der Waals surface area contributed by atoms with E-state index in [9.17, 15) is 8.42 Å². The first-order valence-electron chi connectivity index (χ1n) is 10.3. The quantitative estimate of drug-likeness (QED) is 0.724. The number of sulfonamides is 1. The molecule has 0 bridgehead atoms. The van der Waals surface area contributed by atoms with E-state index in [1.807, 2.05) is 30.6 Å². The smallest absolute Gasteiger partial charge is 0.246 e. The average Bonchev–Trinajstić information content (AvgIpc) is 2.77. The van der Waals surface area contributed by atoms with Crippen LogP contribution in [-0.4, -0.2) is 69.1 Å². The Morgan fingerprint density at radius 1 is 1.13 bits per heavy atom. The van der Waals surface area contributed by atoms with Gasteiger partial charge >= 0.3 is 0 Å². The summed E-state index contributed by atoms with van der Waals surface area (Å²) in [5, 5.41) is 0. The molecule has 2 aliphatic rings. The van der Waals surface area contributed by atoms with Crippen molar-refractivity contribution in [3.05, 3.63) is 54.4 Å². The minimum Gasteiger partial charge on any atom is -0.492 e. The summed E-state index contributed by atoms with van der Waals surface area (Å²) >= 11 is 0. The zero-order valence-corrected chi connectivity index (χ0v) is 18.2. The fourth-order valence-corrected chi connectivity index (χ4v) is 5.95. The van der Waals surface area contributed by atoms with E-state index in [-0.39, 0.29) is 10.3 Å². The summed E-state index contributed by atoms with van der Waals surface area (Å²) in [7, 11) is -2.05. The number of para-hydroxylation sites is 1. The lowest BCUT2D eigenvalue weighted by molar-refractivity contribution is 0.0290. The molecular weight excluding hydrogens is 402 g/mol. The van der Waals surface area contributed by atoms with Crippen molar-refractivity contribution >= 4 is 10.0 Å². The second-order valence-corrected chi connectivity index (χ2v) is 10.1. The number of nitrogens with zero attached hydrogens (tertiary/aromatic N) is 3. The molecule has 7 nitrogen and oxygen atoms in total. The van der Waals surface area contributed by atoms with Crippen molar-refractivity contribution in [3.63, 3.8) is 0 Å². The molecule has 0 unspecified atom stereocenters. The lowest BCUT2D eigenvalue weighted by Crippen LogP contribution is -2.51. The summed E-state index contributed by atoms with van der Waals surface area (Å²) in [5.74, 6) is 0.443. The highest BCUT2D eigenvalue weighted by Gasteiger charge is 2.42. The number of hydrogen-bond acceptors (Lipinski definition) is 6. The van der Waals surface area contributed by atoms with Crippen LogP contribution in [0.15, 0.2) is 53.7 Å². The van der Waals surface area contributed by atoms with Gasteiger partial charge in [0, 0.05) is 44.6 Å². The summed E-state index contributed by atoms with van der Waals surface area (Å²) in [5.41, 5.74) is 1.04. The molecule has 1 fully saturated rings. The Hall–Kier alpha value is -2.00. The number of ether oxygens (including phenoxy) is 2. The number of benzene rings is 1. The van der Waals surface area contributed by atoms with Gasteiger partial charge in [0.2, 0.25) is 10.0 Å². The third-order valence-corrected chi connectivity index (χ3v) is 8.01. The van der Waals surface area contributed by atoms with Crippen molar-refractivity contribution in [1.29, 1.82) is 0 Å².